The summed E-state index contributed by atoms with van der Waals surface area (Å²) in [7, 11) is 1.79. The lowest BCUT2D eigenvalue weighted by molar-refractivity contribution is -0.120. The lowest BCUT2D eigenvalue weighted by atomic mass is 10.1. The van der Waals surface area contributed by atoms with Gasteiger partial charge in [0.05, 0.1) is 6.54 Å². The van der Waals surface area contributed by atoms with Crippen LogP contribution in [0.15, 0.2) is 0 Å². The fourth-order valence-corrected chi connectivity index (χ4v) is 1.80. The first-order valence-electron chi connectivity index (χ1n) is 7.31. The molecule has 1 amide bonds. The highest BCUT2D eigenvalue weighted by Crippen LogP contribution is 2.04. The number of likely N-dealkylation sites (N-methyl/N-ethyl adjacent to an activating group) is 1. The summed E-state index contributed by atoms with van der Waals surface area (Å²) in [6.45, 7) is 6.74. The van der Waals surface area contributed by atoms with E-state index in [2.05, 4.69) is 29.8 Å². The average Bonchev–Trinajstić information content (AvgIpc) is 2.31. The van der Waals surface area contributed by atoms with Gasteiger partial charge in [-0.25, -0.2) is 0 Å². The van der Waals surface area contributed by atoms with Crippen molar-refractivity contribution in [2.75, 3.05) is 26.7 Å². The zero-order chi connectivity index (χ0) is 13.6. The van der Waals surface area contributed by atoms with Gasteiger partial charge in [-0.15, -0.1) is 0 Å². The van der Waals surface area contributed by atoms with Gasteiger partial charge in [-0.05, 0) is 26.4 Å². The number of hydrogen-bond donors (Lipinski definition) is 3. The van der Waals surface area contributed by atoms with E-state index < -0.39 is 0 Å². The number of carbonyl (C=O) groups is 1. The van der Waals surface area contributed by atoms with Gasteiger partial charge in [0, 0.05) is 12.6 Å². The molecule has 0 atom stereocenters. The third kappa shape index (κ3) is 13.5. The van der Waals surface area contributed by atoms with Crippen LogP contribution in [0.2, 0.25) is 0 Å². The molecule has 0 fully saturated rings. The molecule has 0 aromatic heterocycles. The van der Waals surface area contributed by atoms with Crippen molar-refractivity contribution >= 4 is 5.91 Å². The minimum Gasteiger partial charge on any atom is -0.355 e. The van der Waals surface area contributed by atoms with Gasteiger partial charge in [0.1, 0.15) is 0 Å². The second-order valence-electron chi connectivity index (χ2n) is 5.11. The standard InChI is InChI=1S/C14H31N3O/c1-13(2)16-10-8-6-4-5-7-9-11-17-14(18)12-15-3/h13,15-16H,4-12H2,1-3H3,(H,17,18). The van der Waals surface area contributed by atoms with Crippen molar-refractivity contribution in [1.29, 1.82) is 0 Å². The van der Waals surface area contributed by atoms with Crippen LogP contribution in [0.4, 0.5) is 0 Å². The van der Waals surface area contributed by atoms with E-state index in [0.29, 0.717) is 12.6 Å². The average molecular weight is 257 g/mol. The Hall–Kier alpha value is -0.610. The summed E-state index contributed by atoms with van der Waals surface area (Å²) < 4.78 is 0. The molecule has 0 radical (unpaired) electrons. The molecule has 0 saturated carbocycles. The fraction of sp³-hybridized carbons (Fsp3) is 0.929. The molecule has 3 N–H and O–H groups in total. The highest BCUT2D eigenvalue weighted by molar-refractivity contribution is 5.77. The van der Waals surface area contributed by atoms with Crippen LogP contribution in [0.3, 0.4) is 0 Å². The molecule has 0 aromatic carbocycles. The largest absolute Gasteiger partial charge is 0.355 e. The molecular formula is C14H31N3O. The van der Waals surface area contributed by atoms with Crippen LogP contribution in [0.25, 0.3) is 0 Å². The third-order valence-corrected chi connectivity index (χ3v) is 2.82. The molecule has 0 bridgehead atoms. The van der Waals surface area contributed by atoms with Crippen LogP contribution in [0.1, 0.15) is 52.4 Å². The fourth-order valence-electron chi connectivity index (χ4n) is 1.80. The summed E-state index contributed by atoms with van der Waals surface area (Å²) in [6.07, 6.45) is 7.49. The first kappa shape index (κ1) is 17.4. The molecule has 18 heavy (non-hydrogen) atoms. The third-order valence-electron chi connectivity index (χ3n) is 2.82. The van der Waals surface area contributed by atoms with Crippen LogP contribution in [0, 0.1) is 0 Å². The maximum absolute atomic E-state index is 11.1. The number of unbranched alkanes of at least 4 members (excludes halogenated alkanes) is 5. The van der Waals surface area contributed by atoms with E-state index in [1.54, 1.807) is 7.05 Å². The van der Waals surface area contributed by atoms with Gasteiger partial charge < -0.3 is 16.0 Å². The van der Waals surface area contributed by atoms with Gasteiger partial charge >= 0.3 is 0 Å². The Kier molecular flexibility index (Phi) is 12.4. The smallest absolute Gasteiger partial charge is 0.233 e. The zero-order valence-corrected chi connectivity index (χ0v) is 12.3. The molecule has 0 saturated heterocycles. The van der Waals surface area contributed by atoms with Gasteiger partial charge in [-0.3, -0.25) is 4.79 Å². The Balaban J connectivity index is 3.05. The number of hydrogen-bond acceptors (Lipinski definition) is 3. The van der Waals surface area contributed by atoms with Crippen LogP contribution >= 0.6 is 0 Å². The second kappa shape index (κ2) is 12.8. The molecule has 0 aliphatic heterocycles. The monoisotopic (exact) mass is 257 g/mol. The summed E-state index contributed by atoms with van der Waals surface area (Å²) in [5, 5.41) is 9.16. The van der Waals surface area contributed by atoms with Crippen molar-refractivity contribution in [3.63, 3.8) is 0 Å². The van der Waals surface area contributed by atoms with Gasteiger partial charge in [-0.2, -0.15) is 0 Å². The molecule has 0 unspecified atom stereocenters. The maximum atomic E-state index is 11.1. The van der Waals surface area contributed by atoms with Crippen molar-refractivity contribution in [2.45, 2.75) is 58.4 Å². The highest BCUT2D eigenvalue weighted by atomic mass is 16.1. The number of amides is 1. The predicted octanol–water partition coefficient (Wildman–Crippen LogP) is 1.66. The summed E-state index contributed by atoms with van der Waals surface area (Å²) in [4.78, 5) is 11.1. The molecule has 0 aliphatic carbocycles. The van der Waals surface area contributed by atoms with E-state index in [1.165, 1.54) is 32.1 Å². The molecule has 108 valence electrons. The summed E-state index contributed by atoms with van der Waals surface area (Å²) >= 11 is 0. The SMILES string of the molecule is CNCC(=O)NCCCCCCCCNC(C)C. The van der Waals surface area contributed by atoms with E-state index in [4.69, 9.17) is 0 Å². The normalized spacial score (nSPS) is 10.9. The molecule has 0 spiro atoms. The molecule has 0 rings (SSSR count). The Morgan fingerprint density at radius 3 is 2.06 bits per heavy atom. The van der Waals surface area contributed by atoms with Crippen molar-refractivity contribution in [3.8, 4) is 0 Å². The molecule has 4 nitrogen and oxygen atoms in total. The molecule has 0 heterocycles. The Morgan fingerprint density at radius 1 is 0.944 bits per heavy atom. The minimum atomic E-state index is 0.0947. The first-order valence-corrected chi connectivity index (χ1v) is 7.31. The van der Waals surface area contributed by atoms with E-state index >= 15 is 0 Å². The van der Waals surface area contributed by atoms with Crippen LogP contribution in [0.5, 0.6) is 0 Å². The Labute approximate surface area is 112 Å². The van der Waals surface area contributed by atoms with E-state index in [-0.39, 0.29) is 5.91 Å². The Bertz CT molecular complexity index is 195. The van der Waals surface area contributed by atoms with Gasteiger partial charge in [0.2, 0.25) is 5.91 Å². The number of rotatable bonds is 12. The summed E-state index contributed by atoms with van der Waals surface area (Å²) in [5.74, 6) is 0.0947. The van der Waals surface area contributed by atoms with Gasteiger partial charge in [0.25, 0.3) is 0 Å². The van der Waals surface area contributed by atoms with E-state index in [1.807, 2.05) is 0 Å². The van der Waals surface area contributed by atoms with Gasteiger partial charge in [0.15, 0.2) is 0 Å². The lowest BCUT2D eigenvalue weighted by Gasteiger charge is -2.07. The topological polar surface area (TPSA) is 53.2 Å². The Morgan fingerprint density at radius 2 is 1.50 bits per heavy atom. The zero-order valence-electron chi connectivity index (χ0n) is 12.3. The van der Waals surface area contributed by atoms with Crippen molar-refractivity contribution < 1.29 is 4.79 Å². The van der Waals surface area contributed by atoms with E-state index in [9.17, 15) is 4.79 Å². The van der Waals surface area contributed by atoms with Crippen LogP contribution in [-0.4, -0.2) is 38.6 Å². The van der Waals surface area contributed by atoms with Crippen LogP contribution in [-0.2, 0) is 4.79 Å². The lowest BCUT2D eigenvalue weighted by Crippen LogP contribution is -2.32. The molecule has 0 aliphatic rings. The second-order valence-corrected chi connectivity index (χ2v) is 5.11. The molecule has 4 heteroatoms. The predicted molar refractivity (Wildman–Crippen MR) is 77.8 cm³/mol. The highest BCUT2D eigenvalue weighted by Gasteiger charge is 1.97. The first-order chi connectivity index (χ1) is 8.66. The van der Waals surface area contributed by atoms with Crippen molar-refractivity contribution in [2.24, 2.45) is 0 Å². The minimum absolute atomic E-state index is 0.0947. The van der Waals surface area contributed by atoms with Crippen molar-refractivity contribution in [1.82, 2.24) is 16.0 Å². The molecule has 0 aromatic rings. The quantitative estimate of drug-likeness (QED) is 0.466. The van der Waals surface area contributed by atoms with E-state index in [0.717, 1.165) is 19.5 Å². The summed E-state index contributed by atoms with van der Waals surface area (Å²) in [6, 6.07) is 0.603. The number of nitrogens with one attached hydrogen (secondary N) is 3. The maximum Gasteiger partial charge on any atom is 0.233 e. The summed E-state index contributed by atoms with van der Waals surface area (Å²) in [5.41, 5.74) is 0. The van der Waals surface area contributed by atoms with Gasteiger partial charge in [-0.1, -0.05) is 39.5 Å². The van der Waals surface area contributed by atoms with Crippen LogP contribution < -0.4 is 16.0 Å². The number of carbonyl (C=O) groups excluding carboxylic acids is 1. The molecular weight excluding hydrogens is 226 g/mol. The van der Waals surface area contributed by atoms with Crippen molar-refractivity contribution in [3.05, 3.63) is 0 Å².